The summed E-state index contributed by atoms with van der Waals surface area (Å²) in [6, 6.07) is 14.6. The molecule has 1 saturated carbocycles. The van der Waals surface area contributed by atoms with Gasteiger partial charge in [0.15, 0.2) is 5.78 Å². The molecule has 0 saturated heterocycles. The summed E-state index contributed by atoms with van der Waals surface area (Å²) in [6.07, 6.45) is 0. The molecule has 0 unspecified atom stereocenters. The number of esters is 2. The number of hydrogen-bond donors (Lipinski definition) is 0. The van der Waals surface area contributed by atoms with Gasteiger partial charge in [-0.05, 0) is 11.1 Å². The average molecular weight is 350 g/mol. The molecule has 5 heteroatoms. The topological polar surface area (TPSA) is 69.7 Å². The van der Waals surface area contributed by atoms with E-state index in [1.165, 1.54) is 14.2 Å². The first-order valence-electron chi connectivity index (χ1n) is 8.48. The summed E-state index contributed by atoms with van der Waals surface area (Å²) < 4.78 is 9.93. The molecule has 26 heavy (non-hydrogen) atoms. The van der Waals surface area contributed by atoms with Crippen LogP contribution in [0.4, 0.5) is 0 Å². The first-order valence-corrected chi connectivity index (χ1v) is 8.48. The van der Waals surface area contributed by atoms with E-state index >= 15 is 0 Å². The molecule has 4 rings (SSSR count). The van der Waals surface area contributed by atoms with E-state index in [0.717, 1.165) is 11.1 Å². The second-order valence-corrected chi connectivity index (χ2v) is 6.65. The molecule has 132 valence electrons. The van der Waals surface area contributed by atoms with Gasteiger partial charge in [0.05, 0.1) is 26.1 Å². The van der Waals surface area contributed by atoms with Crippen LogP contribution in [0.3, 0.4) is 0 Å². The van der Waals surface area contributed by atoms with Crippen LogP contribution in [-0.4, -0.2) is 31.9 Å². The van der Waals surface area contributed by atoms with Gasteiger partial charge in [0.1, 0.15) is 0 Å². The van der Waals surface area contributed by atoms with E-state index in [1.54, 1.807) is 12.1 Å². The number of methoxy groups -OCH3 is 2. The highest BCUT2D eigenvalue weighted by atomic mass is 16.5. The second kappa shape index (κ2) is 6.09. The van der Waals surface area contributed by atoms with Gasteiger partial charge in [0.25, 0.3) is 0 Å². The molecule has 0 spiro atoms. The predicted molar refractivity (Wildman–Crippen MR) is 92.8 cm³/mol. The van der Waals surface area contributed by atoms with E-state index in [0.29, 0.717) is 11.1 Å². The van der Waals surface area contributed by atoms with Gasteiger partial charge in [0, 0.05) is 23.0 Å². The largest absolute Gasteiger partial charge is 0.469 e. The van der Waals surface area contributed by atoms with Crippen LogP contribution < -0.4 is 0 Å². The van der Waals surface area contributed by atoms with Gasteiger partial charge in [-0.15, -0.1) is 0 Å². The summed E-state index contributed by atoms with van der Waals surface area (Å²) in [6.45, 7) is 0. The molecule has 0 amide bonds. The van der Waals surface area contributed by atoms with Crippen molar-refractivity contribution >= 4 is 17.7 Å². The van der Waals surface area contributed by atoms with Gasteiger partial charge in [-0.25, -0.2) is 0 Å². The van der Waals surface area contributed by atoms with E-state index in [2.05, 4.69) is 0 Å². The lowest BCUT2D eigenvalue weighted by molar-refractivity contribution is -0.168. The average Bonchev–Trinajstić information content (AvgIpc) is 2.74. The quantitative estimate of drug-likeness (QED) is 0.779. The summed E-state index contributed by atoms with van der Waals surface area (Å²) in [4.78, 5) is 38.1. The monoisotopic (exact) mass is 350 g/mol. The van der Waals surface area contributed by atoms with Crippen molar-refractivity contribution in [3.8, 4) is 0 Å². The zero-order valence-corrected chi connectivity index (χ0v) is 14.5. The molecule has 4 atom stereocenters. The fourth-order valence-corrected chi connectivity index (χ4v) is 4.51. The zero-order valence-electron chi connectivity index (χ0n) is 14.5. The van der Waals surface area contributed by atoms with Crippen molar-refractivity contribution in [2.24, 2.45) is 11.8 Å². The van der Waals surface area contributed by atoms with Gasteiger partial charge < -0.3 is 9.47 Å². The smallest absolute Gasteiger partial charge is 0.310 e. The van der Waals surface area contributed by atoms with Gasteiger partial charge in [-0.1, -0.05) is 48.5 Å². The number of ketones is 1. The zero-order chi connectivity index (χ0) is 18.4. The van der Waals surface area contributed by atoms with E-state index in [-0.39, 0.29) is 17.6 Å². The van der Waals surface area contributed by atoms with Crippen LogP contribution in [0.15, 0.2) is 48.5 Å². The van der Waals surface area contributed by atoms with Crippen molar-refractivity contribution in [1.82, 2.24) is 0 Å². The van der Waals surface area contributed by atoms with Crippen molar-refractivity contribution in [3.05, 3.63) is 70.8 Å². The minimum absolute atomic E-state index is 0.0853. The van der Waals surface area contributed by atoms with Gasteiger partial charge >= 0.3 is 11.9 Å². The molecule has 5 nitrogen and oxygen atoms in total. The number of fused-ring (bicyclic) bond motifs is 5. The van der Waals surface area contributed by atoms with Crippen LogP contribution in [0.1, 0.15) is 38.9 Å². The summed E-state index contributed by atoms with van der Waals surface area (Å²) >= 11 is 0. The number of hydrogen-bond acceptors (Lipinski definition) is 5. The number of carbonyl (C=O) groups is 3. The van der Waals surface area contributed by atoms with Crippen molar-refractivity contribution in [1.29, 1.82) is 0 Å². The molecule has 0 radical (unpaired) electrons. The molecule has 0 bridgehead atoms. The number of ether oxygens (including phenoxy) is 2. The Morgan fingerprint density at radius 3 is 1.50 bits per heavy atom. The molecule has 2 aromatic rings. The van der Waals surface area contributed by atoms with Gasteiger partial charge in [-0.2, -0.15) is 0 Å². The van der Waals surface area contributed by atoms with Crippen molar-refractivity contribution in [2.75, 3.05) is 14.2 Å². The molecule has 2 aliphatic rings. The lowest BCUT2D eigenvalue weighted by Crippen LogP contribution is -2.52. The van der Waals surface area contributed by atoms with Gasteiger partial charge in [0.2, 0.25) is 0 Å². The Morgan fingerprint density at radius 1 is 0.731 bits per heavy atom. The number of carbonyl (C=O) groups excluding carboxylic acids is 3. The van der Waals surface area contributed by atoms with Crippen LogP contribution in [0.5, 0.6) is 0 Å². The molecular formula is C21H18O5. The Labute approximate surface area is 150 Å². The van der Waals surface area contributed by atoms with Crippen LogP contribution in [0.25, 0.3) is 0 Å². The molecule has 0 heterocycles. The molecule has 0 aromatic heterocycles. The molecule has 0 N–H and O–H groups in total. The van der Waals surface area contributed by atoms with E-state index < -0.39 is 23.8 Å². The molecule has 0 aliphatic heterocycles. The first-order chi connectivity index (χ1) is 12.6. The third kappa shape index (κ3) is 2.13. The summed E-state index contributed by atoms with van der Waals surface area (Å²) in [5, 5.41) is 0. The maximum absolute atomic E-state index is 13.1. The SMILES string of the molecule is COC(=O)[C@@H]1[C@H](C(=O)OC)[C@H]2c3ccccc3C(=O)c3ccccc3[C@@H]12. The normalized spacial score (nSPS) is 25.7. The third-order valence-electron chi connectivity index (χ3n) is 5.62. The highest BCUT2D eigenvalue weighted by Gasteiger charge is 2.61. The highest BCUT2D eigenvalue weighted by molar-refractivity contribution is 6.12. The Balaban J connectivity index is 1.97. The molecule has 1 fully saturated rings. The van der Waals surface area contributed by atoms with E-state index in [9.17, 15) is 14.4 Å². The Kier molecular flexibility index (Phi) is 3.87. The van der Waals surface area contributed by atoms with E-state index in [1.807, 2.05) is 36.4 Å². The minimum atomic E-state index is -0.669. The molecule has 2 aliphatic carbocycles. The molecule has 2 aromatic carbocycles. The summed E-state index contributed by atoms with van der Waals surface area (Å²) in [5.41, 5.74) is 2.72. The number of benzene rings is 2. The first kappa shape index (κ1) is 16.5. The standard InChI is InChI=1S/C21H18O5/c1-25-20(23)17-15-11-7-3-5-9-13(11)19(22)14-10-6-4-8-12(14)16(15)18(17)21(24)26-2/h3-10,15-18H,1-2H3/t15-,16+,17+,18-. The van der Waals surface area contributed by atoms with Crippen molar-refractivity contribution in [2.45, 2.75) is 11.8 Å². The summed E-state index contributed by atoms with van der Waals surface area (Å²) in [5.74, 6) is -2.93. The molecular weight excluding hydrogens is 332 g/mol. The Bertz CT molecular complexity index is 843. The van der Waals surface area contributed by atoms with E-state index in [4.69, 9.17) is 9.47 Å². The van der Waals surface area contributed by atoms with Crippen molar-refractivity contribution < 1.29 is 23.9 Å². The third-order valence-corrected chi connectivity index (χ3v) is 5.62. The fourth-order valence-electron chi connectivity index (χ4n) is 4.51. The van der Waals surface area contributed by atoms with Crippen LogP contribution in [0.2, 0.25) is 0 Å². The van der Waals surface area contributed by atoms with Gasteiger partial charge in [-0.3, -0.25) is 14.4 Å². The summed E-state index contributed by atoms with van der Waals surface area (Å²) in [7, 11) is 2.62. The maximum Gasteiger partial charge on any atom is 0.310 e. The Morgan fingerprint density at radius 2 is 1.12 bits per heavy atom. The number of rotatable bonds is 2. The van der Waals surface area contributed by atoms with Crippen LogP contribution >= 0.6 is 0 Å². The fraction of sp³-hybridized carbons (Fsp3) is 0.286. The lowest BCUT2D eigenvalue weighted by Gasteiger charge is -2.49. The van der Waals surface area contributed by atoms with Crippen LogP contribution in [0, 0.1) is 11.8 Å². The maximum atomic E-state index is 13.1. The predicted octanol–water partition coefficient (Wildman–Crippen LogP) is 2.69. The minimum Gasteiger partial charge on any atom is -0.469 e. The lowest BCUT2D eigenvalue weighted by atomic mass is 9.52. The highest BCUT2D eigenvalue weighted by Crippen LogP contribution is 2.61. The van der Waals surface area contributed by atoms with Crippen LogP contribution in [-0.2, 0) is 19.1 Å². The van der Waals surface area contributed by atoms with Crippen molar-refractivity contribution in [3.63, 3.8) is 0 Å². The Hall–Kier alpha value is -2.95. The second-order valence-electron chi connectivity index (χ2n) is 6.65.